The maximum Gasteiger partial charge on any atom is 0.373 e. The maximum atomic E-state index is 11.8. The van der Waals surface area contributed by atoms with Crippen LogP contribution >= 0.6 is 0 Å². The van der Waals surface area contributed by atoms with Crippen LogP contribution in [0, 0.1) is 0 Å². The summed E-state index contributed by atoms with van der Waals surface area (Å²) in [4.78, 5) is 11.8. The van der Waals surface area contributed by atoms with Gasteiger partial charge >= 0.3 is 5.97 Å². The van der Waals surface area contributed by atoms with Crippen molar-refractivity contribution in [2.45, 2.75) is 20.3 Å². The zero-order valence-corrected chi connectivity index (χ0v) is 11.4. The van der Waals surface area contributed by atoms with Crippen LogP contribution in [0.4, 0.5) is 0 Å². The fourth-order valence-corrected chi connectivity index (χ4v) is 1.40. The van der Waals surface area contributed by atoms with Crippen molar-refractivity contribution in [2.75, 3.05) is 19.8 Å². The smallest absolute Gasteiger partial charge is 0.373 e. The zero-order valence-electron chi connectivity index (χ0n) is 11.4. The summed E-state index contributed by atoms with van der Waals surface area (Å²) in [5.74, 6) is 0.355. The predicted molar refractivity (Wildman–Crippen MR) is 72.9 cm³/mol. The van der Waals surface area contributed by atoms with Crippen LogP contribution in [0.2, 0.25) is 0 Å². The van der Waals surface area contributed by atoms with Gasteiger partial charge in [0.15, 0.2) is 0 Å². The first-order valence-electron chi connectivity index (χ1n) is 6.45. The molecule has 0 amide bonds. The Morgan fingerprint density at radius 1 is 1.16 bits per heavy atom. The Hall–Kier alpha value is -1.81. The van der Waals surface area contributed by atoms with E-state index >= 15 is 0 Å². The summed E-state index contributed by atoms with van der Waals surface area (Å²) in [6, 6.07) is 9.15. The van der Waals surface area contributed by atoms with Crippen LogP contribution in [0.1, 0.15) is 20.3 Å². The highest BCUT2D eigenvalue weighted by Gasteiger charge is 2.12. The summed E-state index contributed by atoms with van der Waals surface area (Å²) in [6.07, 6.45) is 2.30. The molecule has 1 aromatic carbocycles. The van der Waals surface area contributed by atoms with Gasteiger partial charge in [0.05, 0.1) is 13.2 Å². The average Bonchev–Trinajstić information content (AvgIpc) is 2.43. The molecule has 0 spiro atoms. The molecule has 0 heterocycles. The van der Waals surface area contributed by atoms with Crippen molar-refractivity contribution in [3.63, 3.8) is 0 Å². The van der Waals surface area contributed by atoms with Crippen LogP contribution in [0.5, 0.6) is 5.75 Å². The van der Waals surface area contributed by atoms with E-state index < -0.39 is 5.97 Å². The van der Waals surface area contributed by atoms with E-state index in [1.807, 2.05) is 25.1 Å². The second-order valence-electron chi connectivity index (χ2n) is 3.69. The van der Waals surface area contributed by atoms with Gasteiger partial charge in [0.25, 0.3) is 0 Å². The molecule has 0 N–H and O–H groups in total. The molecule has 0 atom stereocenters. The molecule has 19 heavy (non-hydrogen) atoms. The van der Waals surface area contributed by atoms with Crippen molar-refractivity contribution < 1.29 is 19.0 Å². The molecular formula is C15H20O4. The molecule has 1 aromatic rings. The van der Waals surface area contributed by atoms with Crippen molar-refractivity contribution in [1.82, 2.24) is 0 Å². The van der Waals surface area contributed by atoms with Gasteiger partial charge in [-0.15, -0.1) is 0 Å². The molecule has 104 valence electrons. The molecule has 0 bridgehead atoms. The van der Waals surface area contributed by atoms with Gasteiger partial charge in [0, 0.05) is 6.61 Å². The summed E-state index contributed by atoms with van der Waals surface area (Å²) in [5.41, 5.74) is 0. The predicted octanol–water partition coefficient (Wildman–Crippen LogP) is 2.94. The first kappa shape index (κ1) is 15.2. The summed E-state index contributed by atoms with van der Waals surface area (Å²) < 4.78 is 15.7. The van der Waals surface area contributed by atoms with Crippen molar-refractivity contribution in [1.29, 1.82) is 0 Å². The molecule has 0 aromatic heterocycles. The molecule has 4 nitrogen and oxygen atoms in total. The number of hydrogen-bond acceptors (Lipinski definition) is 4. The van der Waals surface area contributed by atoms with Crippen LogP contribution in [0.3, 0.4) is 0 Å². The summed E-state index contributed by atoms with van der Waals surface area (Å²) in [5, 5.41) is 0. The Morgan fingerprint density at radius 2 is 1.89 bits per heavy atom. The number of para-hydroxylation sites is 1. The molecule has 0 aliphatic rings. The van der Waals surface area contributed by atoms with Gasteiger partial charge in [-0.2, -0.15) is 0 Å². The summed E-state index contributed by atoms with van der Waals surface area (Å²) in [6.45, 7) is 5.22. The lowest BCUT2D eigenvalue weighted by Crippen LogP contribution is -2.13. The highest BCUT2D eigenvalue weighted by atomic mass is 16.6. The summed E-state index contributed by atoms with van der Waals surface area (Å²) in [7, 11) is 0. The molecule has 1 rings (SSSR count). The SMILES string of the molecule is CCOCCC=C(Oc1ccccc1)C(=O)OCC. The fourth-order valence-electron chi connectivity index (χ4n) is 1.40. The van der Waals surface area contributed by atoms with E-state index in [0.717, 1.165) is 0 Å². The van der Waals surface area contributed by atoms with E-state index in [4.69, 9.17) is 14.2 Å². The van der Waals surface area contributed by atoms with Crippen LogP contribution in [-0.4, -0.2) is 25.8 Å². The van der Waals surface area contributed by atoms with Gasteiger partial charge in [-0.05, 0) is 38.5 Å². The highest BCUT2D eigenvalue weighted by Crippen LogP contribution is 2.14. The van der Waals surface area contributed by atoms with Gasteiger partial charge in [-0.1, -0.05) is 18.2 Å². The van der Waals surface area contributed by atoms with E-state index in [1.54, 1.807) is 25.1 Å². The molecule has 0 aliphatic heterocycles. The largest absolute Gasteiger partial charge is 0.460 e. The van der Waals surface area contributed by atoms with E-state index in [1.165, 1.54) is 0 Å². The average molecular weight is 264 g/mol. The second-order valence-corrected chi connectivity index (χ2v) is 3.69. The number of ether oxygens (including phenoxy) is 3. The van der Waals surface area contributed by atoms with Crippen molar-refractivity contribution in [3.05, 3.63) is 42.2 Å². The van der Waals surface area contributed by atoms with E-state index in [2.05, 4.69) is 0 Å². The number of rotatable bonds is 8. The lowest BCUT2D eigenvalue weighted by Gasteiger charge is -2.09. The van der Waals surface area contributed by atoms with Gasteiger partial charge in [-0.3, -0.25) is 0 Å². The van der Waals surface area contributed by atoms with E-state index in [9.17, 15) is 4.79 Å². The van der Waals surface area contributed by atoms with Gasteiger partial charge < -0.3 is 14.2 Å². The molecule has 4 heteroatoms. The van der Waals surface area contributed by atoms with Crippen molar-refractivity contribution in [3.8, 4) is 5.75 Å². The molecule has 0 radical (unpaired) electrons. The third-order valence-electron chi connectivity index (χ3n) is 2.24. The monoisotopic (exact) mass is 264 g/mol. The number of carbonyl (C=O) groups is 1. The minimum Gasteiger partial charge on any atom is -0.460 e. The lowest BCUT2D eigenvalue weighted by molar-refractivity contribution is -0.141. The number of esters is 1. The topological polar surface area (TPSA) is 44.8 Å². The molecule has 0 saturated heterocycles. The zero-order chi connectivity index (χ0) is 13.9. The molecule has 0 aliphatic carbocycles. The molecule has 0 unspecified atom stereocenters. The number of hydrogen-bond donors (Lipinski definition) is 0. The van der Waals surface area contributed by atoms with Gasteiger partial charge in [0.1, 0.15) is 5.75 Å². The van der Waals surface area contributed by atoms with E-state index in [0.29, 0.717) is 32.0 Å². The summed E-state index contributed by atoms with van der Waals surface area (Å²) >= 11 is 0. The maximum absolute atomic E-state index is 11.8. The number of benzene rings is 1. The van der Waals surface area contributed by atoms with Crippen LogP contribution in [-0.2, 0) is 14.3 Å². The van der Waals surface area contributed by atoms with Crippen molar-refractivity contribution in [2.24, 2.45) is 0 Å². The van der Waals surface area contributed by atoms with E-state index in [-0.39, 0.29) is 5.76 Å². The van der Waals surface area contributed by atoms with Crippen LogP contribution in [0.25, 0.3) is 0 Å². The lowest BCUT2D eigenvalue weighted by atomic mass is 10.3. The third kappa shape index (κ3) is 6.06. The second kappa shape index (κ2) is 9.16. The Labute approximate surface area is 114 Å². The number of carbonyl (C=O) groups excluding carboxylic acids is 1. The fraction of sp³-hybridized carbons (Fsp3) is 0.400. The molecule has 0 saturated carbocycles. The van der Waals surface area contributed by atoms with Crippen LogP contribution in [0.15, 0.2) is 42.2 Å². The van der Waals surface area contributed by atoms with Crippen molar-refractivity contribution >= 4 is 5.97 Å². The minimum atomic E-state index is -0.456. The first-order valence-corrected chi connectivity index (χ1v) is 6.45. The molecular weight excluding hydrogens is 244 g/mol. The standard InChI is InChI=1S/C15H20O4/c1-3-17-12-8-11-14(15(16)18-4-2)19-13-9-6-5-7-10-13/h5-7,9-11H,3-4,8,12H2,1-2H3. The third-order valence-corrected chi connectivity index (χ3v) is 2.24. The quantitative estimate of drug-likeness (QED) is 0.313. The Kier molecular flexibility index (Phi) is 7.35. The molecule has 0 fully saturated rings. The Balaban J connectivity index is 2.66. The Bertz CT molecular complexity index is 398. The highest BCUT2D eigenvalue weighted by molar-refractivity contribution is 5.86. The first-order chi connectivity index (χ1) is 9.27. The minimum absolute atomic E-state index is 0.202. The Morgan fingerprint density at radius 3 is 2.53 bits per heavy atom. The normalized spacial score (nSPS) is 11.2. The van der Waals surface area contributed by atoms with Gasteiger partial charge in [-0.25, -0.2) is 4.79 Å². The van der Waals surface area contributed by atoms with Crippen LogP contribution < -0.4 is 4.74 Å². The van der Waals surface area contributed by atoms with Gasteiger partial charge in [0.2, 0.25) is 5.76 Å².